The Hall–Kier alpha value is -1.02. The fourth-order valence-electron chi connectivity index (χ4n) is 1.76. The fourth-order valence-corrected chi connectivity index (χ4v) is 1.76. The van der Waals surface area contributed by atoms with Gasteiger partial charge in [-0.05, 0) is 43.0 Å². The van der Waals surface area contributed by atoms with Crippen molar-refractivity contribution in [1.29, 1.82) is 0 Å². The van der Waals surface area contributed by atoms with Crippen LogP contribution < -0.4 is 10.5 Å². The normalized spacial score (nSPS) is 10.3. The highest BCUT2D eigenvalue weighted by atomic mass is 16.5. The second-order valence-corrected chi connectivity index (χ2v) is 3.79. The SMILES string of the molecule is CCCc1ccc(OC)c(CCCN)c1. The van der Waals surface area contributed by atoms with E-state index >= 15 is 0 Å². The summed E-state index contributed by atoms with van der Waals surface area (Å²) in [6.07, 6.45) is 4.35. The molecule has 0 fully saturated rings. The Morgan fingerprint density at radius 2 is 2.07 bits per heavy atom. The van der Waals surface area contributed by atoms with Gasteiger partial charge in [0.25, 0.3) is 0 Å². The van der Waals surface area contributed by atoms with Gasteiger partial charge in [0.05, 0.1) is 7.11 Å². The highest BCUT2D eigenvalue weighted by molar-refractivity contribution is 5.37. The molecule has 0 atom stereocenters. The lowest BCUT2D eigenvalue weighted by Gasteiger charge is -2.10. The van der Waals surface area contributed by atoms with Crippen molar-refractivity contribution in [2.75, 3.05) is 13.7 Å². The van der Waals surface area contributed by atoms with Gasteiger partial charge in [-0.25, -0.2) is 0 Å². The Morgan fingerprint density at radius 1 is 1.27 bits per heavy atom. The molecular formula is C13H21NO. The molecule has 2 heteroatoms. The minimum Gasteiger partial charge on any atom is -0.496 e. The lowest BCUT2D eigenvalue weighted by Crippen LogP contribution is -2.02. The van der Waals surface area contributed by atoms with Gasteiger partial charge in [0.15, 0.2) is 0 Å². The van der Waals surface area contributed by atoms with Crippen LogP contribution in [-0.2, 0) is 12.8 Å². The van der Waals surface area contributed by atoms with Crippen molar-refractivity contribution in [3.63, 3.8) is 0 Å². The maximum Gasteiger partial charge on any atom is 0.122 e. The van der Waals surface area contributed by atoms with Crippen LogP contribution in [0.4, 0.5) is 0 Å². The summed E-state index contributed by atoms with van der Waals surface area (Å²) >= 11 is 0. The van der Waals surface area contributed by atoms with Gasteiger partial charge in [-0.3, -0.25) is 0 Å². The molecule has 0 heterocycles. The lowest BCUT2D eigenvalue weighted by molar-refractivity contribution is 0.409. The zero-order chi connectivity index (χ0) is 11.1. The minimum absolute atomic E-state index is 0.737. The van der Waals surface area contributed by atoms with E-state index in [4.69, 9.17) is 10.5 Å². The molecule has 2 N–H and O–H groups in total. The van der Waals surface area contributed by atoms with Crippen molar-refractivity contribution in [2.45, 2.75) is 32.6 Å². The van der Waals surface area contributed by atoms with Crippen LogP contribution in [0.3, 0.4) is 0 Å². The number of methoxy groups -OCH3 is 1. The van der Waals surface area contributed by atoms with Gasteiger partial charge in [-0.2, -0.15) is 0 Å². The number of ether oxygens (including phenoxy) is 1. The van der Waals surface area contributed by atoms with Crippen LogP contribution >= 0.6 is 0 Å². The molecule has 1 rings (SSSR count). The molecule has 84 valence electrons. The average Bonchev–Trinajstić information content (AvgIpc) is 2.27. The molecule has 0 unspecified atom stereocenters. The van der Waals surface area contributed by atoms with E-state index in [-0.39, 0.29) is 0 Å². The average molecular weight is 207 g/mol. The smallest absolute Gasteiger partial charge is 0.122 e. The molecule has 0 aliphatic rings. The van der Waals surface area contributed by atoms with Crippen LogP contribution in [-0.4, -0.2) is 13.7 Å². The van der Waals surface area contributed by atoms with Crippen molar-refractivity contribution >= 4 is 0 Å². The highest BCUT2D eigenvalue weighted by Gasteiger charge is 2.03. The van der Waals surface area contributed by atoms with E-state index in [2.05, 4.69) is 25.1 Å². The maximum absolute atomic E-state index is 5.52. The summed E-state index contributed by atoms with van der Waals surface area (Å²) in [5.74, 6) is 0.989. The van der Waals surface area contributed by atoms with Crippen LogP contribution in [0.2, 0.25) is 0 Å². The van der Waals surface area contributed by atoms with Gasteiger partial charge >= 0.3 is 0 Å². The van der Waals surface area contributed by atoms with Crippen molar-refractivity contribution in [2.24, 2.45) is 5.73 Å². The first-order valence-corrected chi connectivity index (χ1v) is 5.67. The quantitative estimate of drug-likeness (QED) is 0.778. The third kappa shape index (κ3) is 3.56. The van der Waals surface area contributed by atoms with Crippen LogP contribution in [0.1, 0.15) is 30.9 Å². The molecule has 0 saturated carbocycles. The van der Waals surface area contributed by atoms with E-state index in [1.807, 2.05) is 0 Å². The van der Waals surface area contributed by atoms with E-state index in [0.717, 1.165) is 31.6 Å². The topological polar surface area (TPSA) is 35.2 Å². The number of hydrogen-bond donors (Lipinski definition) is 1. The number of benzene rings is 1. The predicted octanol–water partition coefficient (Wildman–Crippen LogP) is 2.54. The molecule has 1 aromatic rings. The van der Waals surface area contributed by atoms with Crippen LogP contribution in [0, 0.1) is 0 Å². The molecule has 15 heavy (non-hydrogen) atoms. The third-order valence-corrected chi connectivity index (χ3v) is 2.53. The van der Waals surface area contributed by atoms with Crippen molar-refractivity contribution in [3.05, 3.63) is 29.3 Å². The summed E-state index contributed by atoms with van der Waals surface area (Å²) in [5, 5.41) is 0. The standard InChI is InChI=1S/C13H21NO/c1-3-5-11-7-8-13(15-2)12(10-11)6-4-9-14/h7-8,10H,3-6,9,14H2,1-2H3. The van der Waals surface area contributed by atoms with E-state index < -0.39 is 0 Å². The summed E-state index contributed by atoms with van der Waals surface area (Å²) in [4.78, 5) is 0. The largest absolute Gasteiger partial charge is 0.496 e. The van der Waals surface area contributed by atoms with Crippen LogP contribution in [0.5, 0.6) is 5.75 Å². The Bertz CT molecular complexity index is 297. The molecule has 0 bridgehead atoms. The summed E-state index contributed by atoms with van der Waals surface area (Å²) in [5.41, 5.74) is 8.20. The maximum atomic E-state index is 5.52. The zero-order valence-electron chi connectivity index (χ0n) is 9.75. The third-order valence-electron chi connectivity index (χ3n) is 2.53. The summed E-state index contributed by atoms with van der Waals surface area (Å²) in [6, 6.07) is 6.46. The molecule has 0 spiro atoms. The first-order valence-electron chi connectivity index (χ1n) is 5.67. The second kappa shape index (κ2) is 6.46. The van der Waals surface area contributed by atoms with Crippen molar-refractivity contribution in [3.8, 4) is 5.75 Å². The predicted molar refractivity (Wildman–Crippen MR) is 64.4 cm³/mol. The van der Waals surface area contributed by atoms with E-state index in [9.17, 15) is 0 Å². The Balaban J connectivity index is 2.81. The van der Waals surface area contributed by atoms with Crippen molar-refractivity contribution < 1.29 is 4.74 Å². The fraction of sp³-hybridized carbons (Fsp3) is 0.538. The number of aryl methyl sites for hydroxylation is 2. The van der Waals surface area contributed by atoms with E-state index in [0.29, 0.717) is 0 Å². The second-order valence-electron chi connectivity index (χ2n) is 3.79. The first kappa shape index (κ1) is 12.1. The van der Waals surface area contributed by atoms with E-state index in [1.165, 1.54) is 17.5 Å². The Morgan fingerprint density at radius 3 is 2.67 bits per heavy atom. The van der Waals surface area contributed by atoms with Gasteiger partial charge in [-0.1, -0.05) is 25.5 Å². The summed E-state index contributed by atoms with van der Waals surface area (Å²) in [7, 11) is 1.72. The summed E-state index contributed by atoms with van der Waals surface area (Å²) in [6.45, 7) is 2.94. The van der Waals surface area contributed by atoms with Gasteiger partial charge < -0.3 is 10.5 Å². The molecular weight excluding hydrogens is 186 g/mol. The Labute approximate surface area is 92.4 Å². The molecule has 2 nitrogen and oxygen atoms in total. The van der Waals surface area contributed by atoms with Gasteiger partial charge in [0, 0.05) is 0 Å². The first-order chi connectivity index (χ1) is 7.31. The highest BCUT2D eigenvalue weighted by Crippen LogP contribution is 2.21. The molecule has 0 amide bonds. The molecule has 0 saturated heterocycles. The zero-order valence-corrected chi connectivity index (χ0v) is 9.75. The molecule has 0 aliphatic heterocycles. The number of hydrogen-bond acceptors (Lipinski definition) is 2. The molecule has 0 aromatic heterocycles. The van der Waals surface area contributed by atoms with Gasteiger partial charge in [0.1, 0.15) is 5.75 Å². The minimum atomic E-state index is 0.737. The Kier molecular flexibility index (Phi) is 5.19. The summed E-state index contributed by atoms with van der Waals surface area (Å²) < 4.78 is 5.33. The molecule has 0 aliphatic carbocycles. The molecule has 1 aromatic carbocycles. The van der Waals surface area contributed by atoms with E-state index in [1.54, 1.807) is 7.11 Å². The van der Waals surface area contributed by atoms with Crippen molar-refractivity contribution in [1.82, 2.24) is 0 Å². The monoisotopic (exact) mass is 207 g/mol. The number of rotatable bonds is 6. The number of nitrogens with two attached hydrogens (primary N) is 1. The van der Waals surface area contributed by atoms with Gasteiger partial charge in [-0.15, -0.1) is 0 Å². The van der Waals surface area contributed by atoms with Crippen LogP contribution in [0.25, 0.3) is 0 Å². The van der Waals surface area contributed by atoms with Gasteiger partial charge in [0.2, 0.25) is 0 Å². The molecule has 0 radical (unpaired) electrons. The lowest BCUT2D eigenvalue weighted by atomic mass is 10.0. The van der Waals surface area contributed by atoms with Crippen LogP contribution in [0.15, 0.2) is 18.2 Å².